The number of allylic oxidation sites excluding steroid dienone is 3. The van der Waals surface area contributed by atoms with Gasteiger partial charge in [0.1, 0.15) is 0 Å². The predicted molar refractivity (Wildman–Crippen MR) is 51.4 cm³/mol. The van der Waals surface area contributed by atoms with Crippen LogP contribution in [0.25, 0.3) is 0 Å². The van der Waals surface area contributed by atoms with Crippen LogP contribution in [0.5, 0.6) is 0 Å². The summed E-state index contributed by atoms with van der Waals surface area (Å²) in [5.41, 5.74) is 0.770. The SMILES string of the molecule is CC1(O)CCOC(C2=CC=CC2)C1. The van der Waals surface area contributed by atoms with Gasteiger partial charge in [0.2, 0.25) is 0 Å². The van der Waals surface area contributed by atoms with E-state index in [4.69, 9.17) is 4.74 Å². The van der Waals surface area contributed by atoms with Gasteiger partial charge in [-0.05, 0) is 25.3 Å². The lowest BCUT2D eigenvalue weighted by Gasteiger charge is -2.34. The van der Waals surface area contributed by atoms with Gasteiger partial charge in [-0.1, -0.05) is 18.2 Å². The molecule has 1 aliphatic heterocycles. The molecule has 2 rings (SSSR count). The van der Waals surface area contributed by atoms with Crippen LogP contribution in [0, 0.1) is 0 Å². The van der Waals surface area contributed by atoms with Crippen molar-refractivity contribution in [1.29, 1.82) is 0 Å². The van der Waals surface area contributed by atoms with Gasteiger partial charge in [0.05, 0.1) is 18.3 Å². The molecule has 0 aromatic rings. The summed E-state index contributed by atoms with van der Waals surface area (Å²) in [4.78, 5) is 0. The first-order valence-electron chi connectivity index (χ1n) is 4.87. The highest BCUT2D eigenvalue weighted by atomic mass is 16.5. The first kappa shape index (κ1) is 8.97. The molecule has 1 fully saturated rings. The van der Waals surface area contributed by atoms with Crippen molar-refractivity contribution in [2.75, 3.05) is 6.61 Å². The van der Waals surface area contributed by atoms with Crippen LogP contribution in [0.4, 0.5) is 0 Å². The monoisotopic (exact) mass is 180 g/mol. The number of hydrogen-bond acceptors (Lipinski definition) is 2. The van der Waals surface area contributed by atoms with Gasteiger partial charge in [0, 0.05) is 6.42 Å². The molecule has 1 heterocycles. The van der Waals surface area contributed by atoms with E-state index in [1.165, 1.54) is 5.57 Å². The molecule has 1 saturated heterocycles. The van der Waals surface area contributed by atoms with Crippen molar-refractivity contribution in [3.05, 3.63) is 23.8 Å². The zero-order valence-electron chi connectivity index (χ0n) is 7.99. The fourth-order valence-corrected chi connectivity index (χ4v) is 1.92. The number of rotatable bonds is 1. The van der Waals surface area contributed by atoms with Crippen molar-refractivity contribution >= 4 is 0 Å². The largest absolute Gasteiger partial charge is 0.390 e. The third-order valence-corrected chi connectivity index (χ3v) is 2.80. The average Bonchev–Trinajstić information content (AvgIpc) is 2.53. The summed E-state index contributed by atoms with van der Waals surface area (Å²) in [6.07, 6.45) is 8.90. The van der Waals surface area contributed by atoms with Gasteiger partial charge in [-0.15, -0.1) is 0 Å². The first-order valence-corrected chi connectivity index (χ1v) is 4.87. The van der Waals surface area contributed by atoms with Crippen LogP contribution in [-0.4, -0.2) is 23.4 Å². The lowest BCUT2D eigenvalue weighted by molar-refractivity contribution is -0.0808. The molecular weight excluding hydrogens is 164 g/mol. The first-order chi connectivity index (χ1) is 6.17. The van der Waals surface area contributed by atoms with Crippen molar-refractivity contribution in [3.8, 4) is 0 Å². The van der Waals surface area contributed by atoms with E-state index in [0.717, 1.165) is 19.3 Å². The summed E-state index contributed by atoms with van der Waals surface area (Å²) in [6, 6.07) is 0. The van der Waals surface area contributed by atoms with E-state index in [9.17, 15) is 5.11 Å². The smallest absolute Gasteiger partial charge is 0.0818 e. The van der Waals surface area contributed by atoms with E-state index in [2.05, 4.69) is 18.2 Å². The normalized spacial score (nSPS) is 39.2. The third-order valence-electron chi connectivity index (χ3n) is 2.80. The third kappa shape index (κ3) is 2.01. The fraction of sp³-hybridized carbons (Fsp3) is 0.636. The van der Waals surface area contributed by atoms with Gasteiger partial charge in [-0.25, -0.2) is 0 Å². The summed E-state index contributed by atoms with van der Waals surface area (Å²) in [5.74, 6) is 0. The van der Waals surface area contributed by atoms with E-state index >= 15 is 0 Å². The molecule has 0 bridgehead atoms. The minimum Gasteiger partial charge on any atom is -0.390 e. The second-order valence-electron chi connectivity index (χ2n) is 4.18. The maximum atomic E-state index is 9.88. The highest BCUT2D eigenvalue weighted by Crippen LogP contribution is 2.30. The standard InChI is InChI=1S/C11H16O2/c1-11(12)6-7-13-10(8-11)9-4-2-3-5-9/h2-4,10,12H,5-8H2,1H3. The van der Waals surface area contributed by atoms with E-state index in [1.807, 2.05) is 6.92 Å². The molecule has 1 aliphatic carbocycles. The summed E-state index contributed by atoms with van der Waals surface area (Å²) in [7, 11) is 0. The van der Waals surface area contributed by atoms with E-state index in [0.29, 0.717) is 6.61 Å². The van der Waals surface area contributed by atoms with Crippen LogP contribution in [0.2, 0.25) is 0 Å². The highest BCUT2D eigenvalue weighted by Gasteiger charge is 2.32. The summed E-state index contributed by atoms with van der Waals surface area (Å²) in [5, 5.41) is 9.88. The highest BCUT2D eigenvalue weighted by molar-refractivity contribution is 5.26. The van der Waals surface area contributed by atoms with Crippen molar-refractivity contribution in [1.82, 2.24) is 0 Å². The second kappa shape index (κ2) is 3.28. The molecule has 72 valence electrons. The van der Waals surface area contributed by atoms with E-state index < -0.39 is 5.60 Å². The second-order valence-corrected chi connectivity index (χ2v) is 4.18. The van der Waals surface area contributed by atoms with Crippen LogP contribution in [0.15, 0.2) is 23.8 Å². The molecule has 0 amide bonds. The average molecular weight is 180 g/mol. The molecule has 1 N–H and O–H groups in total. The topological polar surface area (TPSA) is 29.5 Å². The van der Waals surface area contributed by atoms with E-state index in [1.54, 1.807) is 0 Å². The van der Waals surface area contributed by atoms with Gasteiger partial charge in [0.25, 0.3) is 0 Å². The lowest BCUT2D eigenvalue weighted by atomic mass is 9.89. The summed E-state index contributed by atoms with van der Waals surface area (Å²) in [6.45, 7) is 2.57. The molecule has 0 saturated carbocycles. The predicted octanol–water partition coefficient (Wildman–Crippen LogP) is 1.80. The van der Waals surface area contributed by atoms with Crippen LogP contribution in [-0.2, 0) is 4.74 Å². The Morgan fingerprint density at radius 1 is 1.62 bits per heavy atom. The van der Waals surface area contributed by atoms with Gasteiger partial charge in [-0.2, -0.15) is 0 Å². The molecule has 2 heteroatoms. The Balaban J connectivity index is 2.00. The maximum absolute atomic E-state index is 9.88. The molecule has 0 aromatic carbocycles. The van der Waals surface area contributed by atoms with Crippen LogP contribution in [0.3, 0.4) is 0 Å². The van der Waals surface area contributed by atoms with Gasteiger partial charge >= 0.3 is 0 Å². The molecule has 13 heavy (non-hydrogen) atoms. The fourth-order valence-electron chi connectivity index (χ4n) is 1.92. The minimum atomic E-state index is -0.535. The Morgan fingerprint density at radius 2 is 2.46 bits per heavy atom. The summed E-state index contributed by atoms with van der Waals surface area (Å²) >= 11 is 0. The van der Waals surface area contributed by atoms with Gasteiger partial charge < -0.3 is 9.84 Å². The van der Waals surface area contributed by atoms with E-state index in [-0.39, 0.29) is 6.10 Å². The summed E-state index contributed by atoms with van der Waals surface area (Å²) < 4.78 is 5.63. The van der Waals surface area contributed by atoms with Crippen LogP contribution in [0.1, 0.15) is 26.2 Å². The Hall–Kier alpha value is -0.600. The Labute approximate surface area is 78.9 Å². The molecule has 0 radical (unpaired) electrons. The quantitative estimate of drug-likeness (QED) is 0.666. The Kier molecular flexibility index (Phi) is 2.26. The van der Waals surface area contributed by atoms with Crippen molar-refractivity contribution < 1.29 is 9.84 Å². The minimum absolute atomic E-state index is 0.138. The lowest BCUT2D eigenvalue weighted by Crippen LogP contribution is -2.38. The van der Waals surface area contributed by atoms with Crippen molar-refractivity contribution in [3.63, 3.8) is 0 Å². The van der Waals surface area contributed by atoms with Gasteiger partial charge in [-0.3, -0.25) is 0 Å². The Bertz CT molecular complexity index is 251. The molecule has 2 unspecified atom stereocenters. The number of hydrogen-bond donors (Lipinski definition) is 1. The van der Waals surface area contributed by atoms with Crippen LogP contribution >= 0.6 is 0 Å². The van der Waals surface area contributed by atoms with Crippen LogP contribution < -0.4 is 0 Å². The maximum Gasteiger partial charge on any atom is 0.0818 e. The molecule has 2 nitrogen and oxygen atoms in total. The van der Waals surface area contributed by atoms with Gasteiger partial charge in [0.15, 0.2) is 0 Å². The molecule has 2 atom stereocenters. The van der Waals surface area contributed by atoms with Crippen molar-refractivity contribution in [2.45, 2.75) is 37.9 Å². The zero-order chi connectivity index (χ0) is 9.31. The Morgan fingerprint density at radius 3 is 3.08 bits per heavy atom. The molecule has 0 spiro atoms. The number of ether oxygens (including phenoxy) is 1. The molecular formula is C11H16O2. The zero-order valence-corrected chi connectivity index (χ0v) is 7.99. The molecule has 2 aliphatic rings. The number of aliphatic hydroxyl groups is 1. The van der Waals surface area contributed by atoms with Crippen molar-refractivity contribution in [2.24, 2.45) is 0 Å². The molecule has 0 aromatic heterocycles.